The molecule has 4 heterocycles. The van der Waals surface area contributed by atoms with Crippen LogP contribution in [-0.2, 0) is 4.79 Å². The largest absolute Gasteiger partial charge is 0.481 e. The third-order valence-electron chi connectivity index (χ3n) is 5.24. The molecule has 4 nitrogen and oxygen atoms in total. The molecule has 0 radical (unpaired) electrons. The second-order valence-electron chi connectivity index (χ2n) is 6.19. The Morgan fingerprint density at radius 2 is 2.06 bits per heavy atom. The van der Waals surface area contributed by atoms with Crippen LogP contribution in [-0.4, -0.2) is 59.1 Å². The van der Waals surface area contributed by atoms with E-state index in [1.165, 1.54) is 25.9 Å². The topological polar surface area (TPSA) is 43.8 Å². The minimum atomic E-state index is -0.635. The van der Waals surface area contributed by atoms with Gasteiger partial charge in [-0.05, 0) is 50.7 Å². The van der Waals surface area contributed by atoms with Crippen LogP contribution in [0, 0.1) is 11.8 Å². The Hall–Kier alpha value is -0.610. The zero-order valence-corrected chi connectivity index (χ0v) is 11.2. The van der Waals surface area contributed by atoms with E-state index in [1.807, 2.05) is 0 Å². The maximum absolute atomic E-state index is 11.1. The molecule has 2 bridgehead atoms. The summed E-state index contributed by atoms with van der Waals surface area (Å²) < 4.78 is 0. The Kier molecular flexibility index (Phi) is 3.32. The SMILES string of the molecule is CCCN1CC2C3CCN(CC3)C2C1CC(=O)O. The number of hydrogen-bond donors (Lipinski definition) is 1. The highest BCUT2D eigenvalue weighted by molar-refractivity contribution is 5.67. The van der Waals surface area contributed by atoms with Gasteiger partial charge in [0.25, 0.3) is 0 Å². The van der Waals surface area contributed by atoms with Crippen molar-refractivity contribution >= 4 is 5.97 Å². The fraction of sp³-hybridized carbons (Fsp3) is 0.929. The summed E-state index contributed by atoms with van der Waals surface area (Å²) in [7, 11) is 0. The monoisotopic (exact) mass is 252 g/mol. The smallest absolute Gasteiger partial charge is 0.304 e. The second-order valence-corrected chi connectivity index (χ2v) is 6.19. The van der Waals surface area contributed by atoms with Crippen molar-refractivity contribution in [3.8, 4) is 0 Å². The molecule has 1 N–H and O–H groups in total. The highest BCUT2D eigenvalue weighted by Crippen LogP contribution is 2.44. The van der Waals surface area contributed by atoms with Crippen molar-refractivity contribution in [1.29, 1.82) is 0 Å². The summed E-state index contributed by atoms with van der Waals surface area (Å²) in [5.74, 6) is 0.964. The Labute approximate surface area is 109 Å². The van der Waals surface area contributed by atoms with Gasteiger partial charge < -0.3 is 5.11 Å². The number of likely N-dealkylation sites (tertiary alicyclic amines) is 1. The van der Waals surface area contributed by atoms with Crippen LogP contribution in [0.1, 0.15) is 32.6 Å². The normalized spacial score (nSPS) is 43.1. The number of nitrogens with zero attached hydrogens (tertiary/aromatic N) is 2. The van der Waals surface area contributed by atoms with Gasteiger partial charge in [-0.15, -0.1) is 0 Å². The van der Waals surface area contributed by atoms with Gasteiger partial charge in [0.15, 0.2) is 0 Å². The number of piperidine rings is 3. The molecule has 4 aliphatic heterocycles. The zero-order chi connectivity index (χ0) is 12.7. The van der Waals surface area contributed by atoms with E-state index in [-0.39, 0.29) is 6.04 Å². The van der Waals surface area contributed by atoms with Crippen molar-refractivity contribution in [3.63, 3.8) is 0 Å². The molecule has 0 aromatic carbocycles. The van der Waals surface area contributed by atoms with Gasteiger partial charge in [0, 0.05) is 18.6 Å². The lowest BCUT2D eigenvalue weighted by atomic mass is 9.73. The Morgan fingerprint density at radius 3 is 2.67 bits per heavy atom. The van der Waals surface area contributed by atoms with Gasteiger partial charge in [-0.3, -0.25) is 14.6 Å². The molecule has 18 heavy (non-hydrogen) atoms. The Bertz CT molecular complexity index is 326. The van der Waals surface area contributed by atoms with Gasteiger partial charge in [-0.2, -0.15) is 0 Å². The molecule has 0 aromatic rings. The fourth-order valence-corrected chi connectivity index (χ4v) is 4.58. The highest BCUT2D eigenvalue weighted by Gasteiger charge is 2.52. The number of fused-ring (bicyclic) bond motifs is 2. The molecule has 0 spiro atoms. The first-order valence-electron chi connectivity index (χ1n) is 7.40. The minimum absolute atomic E-state index is 0.260. The summed E-state index contributed by atoms with van der Waals surface area (Å²) in [6.45, 7) is 6.78. The summed E-state index contributed by atoms with van der Waals surface area (Å²) in [6, 6.07) is 0.788. The molecule has 4 rings (SSSR count). The van der Waals surface area contributed by atoms with Crippen LogP contribution in [0.25, 0.3) is 0 Å². The van der Waals surface area contributed by atoms with Crippen molar-refractivity contribution in [2.45, 2.75) is 44.7 Å². The third kappa shape index (κ3) is 1.95. The minimum Gasteiger partial charge on any atom is -0.481 e. The average molecular weight is 252 g/mol. The van der Waals surface area contributed by atoms with Crippen LogP contribution in [0.2, 0.25) is 0 Å². The summed E-state index contributed by atoms with van der Waals surface area (Å²) >= 11 is 0. The first-order chi connectivity index (χ1) is 8.70. The molecular weight excluding hydrogens is 228 g/mol. The fourth-order valence-electron chi connectivity index (χ4n) is 4.58. The molecular formula is C14H24N2O2. The van der Waals surface area contributed by atoms with Crippen molar-refractivity contribution < 1.29 is 9.90 Å². The number of aliphatic carboxylic acids is 1. The van der Waals surface area contributed by atoms with Gasteiger partial charge in [0.2, 0.25) is 0 Å². The van der Waals surface area contributed by atoms with Crippen molar-refractivity contribution in [2.75, 3.05) is 26.2 Å². The number of carboxylic acid groups (broad SMARTS) is 1. The molecule has 4 fully saturated rings. The van der Waals surface area contributed by atoms with E-state index in [9.17, 15) is 9.90 Å². The molecule has 0 aliphatic carbocycles. The van der Waals surface area contributed by atoms with Gasteiger partial charge in [-0.25, -0.2) is 0 Å². The molecule has 4 aliphatic rings. The highest BCUT2D eigenvalue weighted by atomic mass is 16.4. The molecule has 0 aromatic heterocycles. The average Bonchev–Trinajstić information content (AvgIpc) is 2.71. The van der Waals surface area contributed by atoms with Crippen molar-refractivity contribution in [1.82, 2.24) is 9.80 Å². The molecule has 3 atom stereocenters. The maximum atomic E-state index is 11.1. The molecule has 0 amide bonds. The first kappa shape index (κ1) is 12.4. The van der Waals surface area contributed by atoms with Crippen LogP contribution in [0.5, 0.6) is 0 Å². The van der Waals surface area contributed by atoms with Crippen LogP contribution < -0.4 is 0 Å². The van der Waals surface area contributed by atoms with E-state index in [4.69, 9.17) is 0 Å². The van der Waals surface area contributed by atoms with E-state index < -0.39 is 5.97 Å². The van der Waals surface area contributed by atoms with E-state index in [2.05, 4.69) is 16.7 Å². The third-order valence-corrected chi connectivity index (χ3v) is 5.24. The number of carbonyl (C=O) groups is 1. The second kappa shape index (κ2) is 4.82. The number of hydrogen-bond acceptors (Lipinski definition) is 3. The predicted molar refractivity (Wildman–Crippen MR) is 69.5 cm³/mol. The lowest BCUT2D eigenvalue weighted by Crippen LogP contribution is -2.57. The molecule has 4 saturated heterocycles. The summed E-state index contributed by atoms with van der Waals surface area (Å²) in [5.41, 5.74) is 0. The van der Waals surface area contributed by atoms with E-state index in [0.29, 0.717) is 12.5 Å². The maximum Gasteiger partial charge on any atom is 0.304 e. The quantitative estimate of drug-likeness (QED) is 0.818. The Morgan fingerprint density at radius 1 is 1.33 bits per heavy atom. The van der Waals surface area contributed by atoms with Gasteiger partial charge in [0.1, 0.15) is 0 Å². The predicted octanol–water partition coefficient (Wildman–Crippen LogP) is 1.27. The summed E-state index contributed by atoms with van der Waals surface area (Å²) in [4.78, 5) is 16.2. The van der Waals surface area contributed by atoms with E-state index in [0.717, 1.165) is 31.3 Å². The zero-order valence-electron chi connectivity index (χ0n) is 11.2. The van der Waals surface area contributed by atoms with Gasteiger partial charge >= 0.3 is 5.97 Å². The van der Waals surface area contributed by atoms with Crippen molar-refractivity contribution in [2.24, 2.45) is 11.8 Å². The van der Waals surface area contributed by atoms with Crippen LogP contribution in [0.3, 0.4) is 0 Å². The standard InChI is InChI=1S/C14H24N2O2/c1-2-5-16-9-11-10-3-6-15(7-4-10)14(11)12(16)8-13(17)18/h10-12,14H,2-9H2,1H3,(H,17,18). The van der Waals surface area contributed by atoms with E-state index >= 15 is 0 Å². The Balaban J connectivity index is 1.81. The lowest BCUT2D eigenvalue weighted by Gasteiger charge is -2.49. The summed E-state index contributed by atoms with van der Waals surface area (Å²) in [5, 5.41) is 9.18. The molecule has 3 unspecified atom stereocenters. The number of rotatable bonds is 4. The molecule has 4 heteroatoms. The lowest BCUT2D eigenvalue weighted by molar-refractivity contribution is -0.139. The number of carboxylic acids is 1. The van der Waals surface area contributed by atoms with Crippen LogP contribution >= 0.6 is 0 Å². The summed E-state index contributed by atoms with van der Waals surface area (Å²) in [6.07, 6.45) is 4.12. The van der Waals surface area contributed by atoms with E-state index in [1.54, 1.807) is 0 Å². The van der Waals surface area contributed by atoms with Gasteiger partial charge in [0.05, 0.1) is 6.42 Å². The molecule has 0 saturated carbocycles. The molecule has 102 valence electrons. The van der Waals surface area contributed by atoms with Crippen LogP contribution in [0.15, 0.2) is 0 Å². The van der Waals surface area contributed by atoms with Crippen molar-refractivity contribution in [3.05, 3.63) is 0 Å². The van der Waals surface area contributed by atoms with Crippen LogP contribution in [0.4, 0.5) is 0 Å². The van der Waals surface area contributed by atoms with Gasteiger partial charge in [-0.1, -0.05) is 6.92 Å². The first-order valence-corrected chi connectivity index (χ1v) is 7.40.